The van der Waals surface area contributed by atoms with E-state index in [9.17, 15) is 8.42 Å². The molecule has 0 saturated heterocycles. The van der Waals surface area contributed by atoms with Crippen LogP contribution in [0.3, 0.4) is 0 Å². The number of nitrogens with one attached hydrogen (secondary N) is 1. The SMILES string of the molecule is CCC(CSC)N(C)S(=O)(=O)c1cnc(NC)nc1. The number of sulfonamides is 1. The quantitative estimate of drug-likeness (QED) is 0.818. The lowest BCUT2D eigenvalue weighted by molar-refractivity contribution is 0.385. The summed E-state index contributed by atoms with van der Waals surface area (Å²) in [5.41, 5.74) is 0. The van der Waals surface area contributed by atoms with Crippen LogP contribution in [0.5, 0.6) is 0 Å². The standard InChI is InChI=1S/C11H20N4O2S2/c1-5-9(8-18-4)15(3)19(16,17)10-6-13-11(12-2)14-7-10/h6-7,9H,5,8H2,1-4H3,(H,12,13,14). The van der Waals surface area contributed by atoms with E-state index in [0.29, 0.717) is 5.95 Å². The third kappa shape index (κ3) is 3.80. The highest BCUT2D eigenvalue weighted by molar-refractivity contribution is 7.98. The van der Waals surface area contributed by atoms with Crippen LogP contribution >= 0.6 is 11.8 Å². The number of nitrogens with zero attached hydrogens (tertiary/aromatic N) is 3. The zero-order valence-electron chi connectivity index (χ0n) is 11.6. The minimum atomic E-state index is -3.53. The zero-order chi connectivity index (χ0) is 14.5. The number of hydrogen-bond acceptors (Lipinski definition) is 6. The normalized spacial score (nSPS) is 13.5. The zero-order valence-corrected chi connectivity index (χ0v) is 13.3. The van der Waals surface area contributed by atoms with Crippen molar-refractivity contribution >= 4 is 27.7 Å². The van der Waals surface area contributed by atoms with E-state index in [-0.39, 0.29) is 10.9 Å². The molecule has 1 aromatic rings. The molecular weight excluding hydrogens is 284 g/mol. The first-order chi connectivity index (χ1) is 8.97. The van der Waals surface area contributed by atoms with Crippen LogP contribution < -0.4 is 5.32 Å². The van der Waals surface area contributed by atoms with E-state index in [1.165, 1.54) is 16.7 Å². The summed E-state index contributed by atoms with van der Waals surface area (Å²) in [6, 6.07) is -0.0241. The third-order valence-electron chi connectivity index (χ3n) is 2.87. The van der Waals surface area contributed by atoms with E-state index in [1.807, 2.05) is 13.2 Å². The maximum atomic E-state index is 12.4. The van der Waals surface area contributed by atoms with Crippen molar-refractivity contribution in [3.63, 3.8) is 0 Å². The molecule has 0 spiro atoms. The predicted molar refractivity (Wildman–Crippen MR) is 79.0 cm³/mol. The first kappa shape index (κ1) is 16.2. The molecule has 108 valence electrons. The van der Waals surface area contributed by atoms with Crippen LogP contribution in [0.4, 0.5) is 5.95 Å². The molecule has 8 heteroatoms. The van der Waals surface area contributed by atoms with Gasteiger partial charge in [0.15, 0.2) is 0 Å². The molecule has 0 radical (unpaired) electrons. The molecule has 19 heavy (non-hydrogen) atoms. The fourth-order valence-electron chi connectivity index (χ4n) is 1.61. The first-order valence-electron chi connectivity index (χ1n) is 5.94. The van der Waals surface area contributed by atoms with Gasteiger partial charge in [-0.05, 0) is 12.7 Å². The molecule has 0 aliphatic carbocycles. The second kappa shape index (κ2) is 7.06. The van der Waals surface area contributed by atoms with Gasteiger partial charge >= 0.3 is 0 Å². The molecule has 1 atom stereocenters. The van der Waals surface area contributed by atoms with Gasteiger partial charge in [-0.25, -0.2) is 18.4 Å². The molecule has 1 aromatic heterocycles. The summed E-state index contributed by atoms with van der Waals surface area (Å²) in [6.07, 6.45) is 5.40. The Labute approximate surface area is 119 Å². The van der Waals surface area contributed by atoms with Crippen LogP contribution in [0, 0.1) is 0 Å². The average molecular weight is 304 g/mol. The van der Waals surface area contributed by atoms with E-state index in [0.717, 1.165) is 12.2 Å². The van der Waals surface area contributed by atoms with Gasteiger partial charge < -0.3 is 5.32 Å². The minimum absolute atomic E-state index is 0.0241. The summed E-state index contributed by atoms with van der Waals surface area (Å²) in [4.78, 5) is 8.01. The number of rotatable bonds is 7. The molecule has 0 fully saturated rings. The van der Waals surface area contributed by atoms with Gasteiger partial charge in [-0.2, -0.15) is 16.1 Å². The van der Waals surface area contributed by atoms with Crippen LogP contribution in [0.2, 0.25) is 0 Å². The average Bonchev–Trinajstić information content (AvgIpc) is 2.44. The molecule has 1 rings (SSSR count). The van der Waals surface area contributed by atoms with Crippen molar-refractivity contribution in [2.24, 2.45) is 0 Å². The Hall–Kier alpha value is -0.860. The second-order valence-electron chi connectivity index (χ2n) is 4.03. The largest absolute Gasteiger partial charge is 0.357 e. The van der Waals surface area contributed by atoms with Crippen LogP contribution in [0.25, 0.3) is 0 Å². The van der Waals surface area contributed by atoms with Crippen molar-refractivity contribution in [3.8, 4) is 0 Å². The monoisotopic (exact) mass is 304 g/mol. The van der Waals surface area contributed by atoms with E-state index in [2.05, 4.69) is 15.3 Å². The Morgan fingerprint density at radius 3 is 2.42 bits per heavy atom. The molecule has 0 bridgehead atoms. The number of anilines is 1. The van der Waals surface area contributed by atoms with Gasteiger partial charge in [0.25, 0.3) is 0 Å². The van der Waals surface area contributed by atoms with Gasteiger partial charge in [0, 0.05) is 25.9 Å². The molecule has 0 aromatic carbocycles. The second-order valence-corrected chi connectivity index (χ2v) is 6.94. The molecule has 1 heterocycles. The van der Waals surface area contributed by atoms with Crippen LogP contribution in [0.1, 0.15) is 13.3 Å². The maximum absolute atomic E-state index is 12.4. The van der Waals surface area contributed by atoms with Crippen molar-refractivity contribution in [2.75, 3.05) is 31.4 Å². The Morgan fingerprint density at radius 2 is 2.00 bits per heavy atom. The van der Waals surface area contributed by atoms with Crippen molar-refractivity contribution in [1.82, 2.24) is 14.3 Å². The summed E-state index contributed by atoms with van der Waals surface area (Å²) in [6.45, 7) is 1.98. The van der Waals surface area contributed by atoms with E-state index < -0.39 is 10.0 Å². The van der Waals surface area contributed by atoms with Crippen molar-refractivity contribution < 1.29 is 8.42 Å². The van der Waals surface area contributed by atoms with E-state index in [4.69, 9.17) is 0 Å². The molecule has 1 N–H and O–H groups in total. The fourth-order valence-corrected chi connectivity index (χ4v) is 3.87. The van der Waals surface area contributed by atoms with Gasteiger partial charge in [0.1, 0.15) is 4.90 Å². The minimum Gasteiger partial charge on any atom is -0.357 e. The van der Waals surface area contributed by atoms with Gasteiger partial charge in [-0.3, -0.25) is 0 Å². The highest BCUT2D eigenvalue weighted by atomic mass is 32.2. The van der Waals surface area contributed by atoms with Crippen LogP contribution in [-0.4, -0.2) is 54.8 Å². The van der Waals surface area contributed by atoms with Crippen molar-refractivity contribution in [2.45, 2.75) is 24.3 Å². The molecule has 0 amide bonds. The lowest BCUT2D eigenvalue weighted by Crippen LogP contribution is -2.38. The molecule has 6 nitrogen and oxygen atoms in total. The fraction of sp³-hybridized carbons (Fsp3) is 0.636. The predicted octanol–water partition coefficient (Wildman–Crippen LogP) is 1.28. The Morgan fingerprint density at radius 1 is 1.42 bits per heavy atom. The molecule has 0 saturated carbocycles. The highest BCUT2D eigenvalue weighted by Gasteiger charge is 2.27. The Kier molecular flexibility index (Phi) is 6.02. The number of thioether (sulfide) groups is 1. The van der Waals surface area contributed by atoms with Gasteiger partial charge in [-0.1, -0.05) is 6.92 Å². The van der Waals surface area contributed by atoms with Crippen LogP contribution in [-0.2, 0) is 10.0 Å². The van der Waals surface area contributed by atoms with Gasteiger partial charge in [-0.15, -0.1) is 0 Å². The van der Waals surface area contributed by atoms with Gasteiger partial charge in [0.2, 0.25) is 16.0 Å². The molecule has 0 aliphatic heterocycles. The number of aromatic nitrogens is 2. The van der Waals surface area contributed by atoms with Crippen molar-refractivity contribution in [3.05, 3.63) is 12.4 Å². The summed E-state index contributed by atoms with van der Waals surface area (Å²) >= 11 is 1.63. The highest BCUT2D eigenvalue weighted by Crippen LogP contribution is 2.19. The van der Waals surface area contributed by atoms with Crippen LogP contribution in [0.15, 0.2) is 17.3 Å². The van der Waals surface area contributed by atoms with E-state index >= 15 is 0 Å². The number of hydrogen-bond donors (Lipinski definition) is 1. The summed E-state index contributed by atoms with van der Waals surface area (Å²) in [5.74, 6) is 1.17. The topological polar surface area (TPSA) is 75.2 Å². The first-order valence-corrected chi connectivity index (χ1v) is 8.77. The molecule has 0 aliphatic rings. The summed E-state index contributed by atoms with van der Waals surface area (Å²) in [7, 11) is -0.246. The lowest BCUT2D eigenvalue weighted by Gasteiger charge is -2.25. The van der Waals surface area contributed by atoms with E-state index in [1.54, 1.807) is 25.9 Å². The van der Waals surface area contributed by atoms with Gasteiger partial charge in [0.05, 0.1) is 12.4 Å². The van der Waals surface area contributed by atoms with Crippen molar-refractivity contribution in [1.29, 1.82) is 0 Å². The Balaban J connectivity index is 3.00. The molecular formula is C11H20N4O2S2. The maximum Gasteiger partial charge on any atom is 0.246 e. The lowest BCUT2D eigenvalue weighted by atomic mass is 10.3. The smallest absolute Gasteiger partial charge is 0.246 e. The molecule has 1 unspecified atom stereocenters. The summed E-state index contributed by atoms with van der Waals surface area (Å²) in [5, 5.41) is 2.76. The third-order valence-corrected chi connectivity index (χ3v) is 5.45. The summed E-state index contributed by atoms with van der Waals surface area (Å²) < 4.78 is 26.3. The Bertz CT molecular complexity index is 490.